The van der Waals surface area contributed by atoms with Gasteiger partial charge in [-0.1, -0.05) is 73.1 Å². The Balaban J connectivity index is 1.86. The summed E-state index contributed by atoms with van der Waals surface area (Å²) in [5, 5.41) is 1.52. The van der Waals surface area contributed by atoms with Crippen LogP contribution in [0.1, 0.15) is 34.9 Å². The van der Waals surface area contributed by atoms with Crippen molar-refractivity contribution in [1.29, 1.82) is 0 Å². The largest absolute Gasteiger partial charge is 0.268 e. The summed E-state index contributed by atoms with van der Waals surface area (Å²) in [5.41, 5.74) is 4.46. The maximum Gasteiger partial charge on any atom is 0.267 e. The summed E-state index contributed by atoms with van der Waals surface area (Å²) in [4.78, 5) is 20.7. The molecule has 4 rings (SSSR count). The molecule has 29 heavy (non-hydrogen) atoms. The quantitative estimate of drug-likeness (QED) is 0.271. The maximum atomic E-state index is 13.6. The molecule has 0 saturated carbocycles. The molecule has 2 aromatic heterocycles. The first kappa shape index (κ1) is 19.9. The highest BCUT2D eigenvalue weighted by Gasteiger charge is 2.19. The van der Waals surface area contributed by atoms with Crippen molar-refractivity contribution in [3.8, 4) is 5.69 Å². The van der Waals surface area contributed by atoms with Gasteiger partial charge in [0.15, 0.2) is 5.16 Å². The van der Waals surface area contributed by atoms with Crippen molar-refractivity contribution in [2.24, 2.45) is 0 Å². The molecule has 0 atom stereocenters. The third kappa shape index (κ3) is 4.02. The van der Waals surface area contributed by atoms with Gasteiger partial charge in [-0.15, -0.1) is 11.3 Å². The van der Waals surface area contributed by atoms with E-state index in [0.29, 0.717) is 0 Å². The van der Waals surface area contributed by atoms with Crippen LogP contribution in [-0.2, 0) is 12.2 Å². The van der Waals surface area contributed by atoms with Gasteiger partial charge >= 0.3 is 0 Å². The van der Waals surface area contributed by atoms with Crippen LogP contribution in [0.25, 0.3) is 15.9 Å². The number of rotatable bonds is 6. The summed E-state index contributed by atoms with van der Waals surface area (Å²) in [6.07, 6.45) is 2.05. The van der Waals surface area contributed by atoms with E-state index < -0.39 is 0 Å². The molecular weight excluding hydrogens is 396 g/mol. The van der Waals surface area contributed by atoms with E-state index in [2.05, 4.69) is 45.0 Å². The molecule has 0 saturated heterocycles. The molecule has 5 heteroatoms. The second-order valence-electron chi connectivity index (χ2n) is 7.23. The zero-order valence-electron chi connectivity index (χ0n) is 16.9. The third-order valence-corrected chi connectivity index (χ3v) is 7.23. The minimum absolute atomic E-state index is 0.0315. The first-order valence-electron chi connectivity index (χ1n) is 9.87. The maximum absolute atomic E-state index is 13.6. The van der Waals surface area contributed by atoms with Crippen molar-refractivity contribution in [3.05, 3.63) is 86.5 Å². The van der Waals surface area contributed by atoms with Crippen LogP contribution in [0, 0.1) is 13.8 Å². The lowest BCUT2D eigenvalue weighted by Crippen LogP contribution is -2.21. The van der Waals surface area contributed by atoms with E-state index in [1.807, 2.05) is 30.3 Å². The van der Waals surface area contributed by atoms with E-state index >= 15 is 0 Å². The normalized spacial score (nSPS) is 11.3. The molecule has 0 aliphatic carbocycles. The van der Waals surface area contributed by atoms with E-state index in [4.69, 9.17) is 4.98 Å². The van der Waals surface area contributed by atoms with Gasteiger partial charge in [0.2, 0.25) is 0 Å². The topological polar surface area (TPSA) is 34.9 Å². The van der Waals surface area contributed by atoms with Crippen molar-refractivity contribution >= 4 is 33.3 Å². The number of fused-ring (bicyclic) bond motifs is 1. The van der Waals surface area contributed by atoms with Gasteiger partial charge in [-0.3, -0.25) is 9.36 Å². The molecule has 0 radical (unpaired) electrons. The Morgan fingerprint density at radius 3 is 2.59 bits per heavy atom. The number of para-hydroxylation sites is 1. The summed E-state index contributed by atoms with van der Waals surface area (Å²) in [6.45, 7) is 6.33. The van der Waals surface area contributed by atoms with Gasteiger partial charge in [0.25, 0.3) is 5.56 Å². The molecule has 0 spiro atoms. The van der Waals surface area contributed by atoms with Gasteiger partial charge in [-0.2, -0.15) is 0 Å². The van der Waals surface area contributed by atoms with Crippen LogP contribution >= 0.6 is 23.1 Å². The molecule has 0 aliphatic heterocycles. The number of benzene rings is 2. The molecular formula is C24H24N2OS2. The van der Waals surface area contributed by atoms with Gasteiger partial charge in [0, 0.05) is 10.6 Å². The average molecular weight is 421 g/mol. The molecule has 4 aromatic rings. The minimum atomic E-state index is 0.0315. The molecule has 0 unspecified atom stereocenters. The standard InChI is InChI=1S/C24H24N2OS2/c1-4-9-20-17(3)21-22(29-20)25-24(28-15-18-11-8-10-16(2)14-18)26(23(21)27)19-12-6-5-7-13-19/h5-8,10-14H,4,9,15H2,1-3H3. The summed E-state index contributed by atoms with van der Waals surface area (Å²) < 4.78 is 1.78. The van der Waals surface area contributed by atoms with E-state index in [1.54, 1.807) is 27.7 Å². The molecule has 0 amide bonds. The number of aromatic nitrogens is 2. The molecule has 2 heterocycles. The second-order valence-corrected chi connectivity index (χ2v) is 9.25. The minimum Gasteiger partial charge on any atom is -0.268 e. The summed E-state index contributed by atoms with van der Waals surface area (Å²) in [6, 6.07) is 18.3. The van der Waals surface area contributed by atoms with Gasteiger partial charge in [-0.05, 0) is 43.5 Å². The number of aryl methyl sites for hydroxylation is 3. The molecule has 2 aromatic carbocycles. The highest BCUT2D eigenvalue weighted by molar-refractivity contribution is 7.98. The average Bonchev–Trinajstić information content (AvgIpc) is 3.03. The Morgan fingerprint density at radius 1 is 1.07 bits per heavy atom. The monoisotopic (exact) mass is 420 g/mol. The van der Waals surface area contributed by atoms with Crippen LogP contribution in [0.4, 0.5) is 0 Å². The zero-order valence-corrected chi connectivity index (χ0v) is 18.6. The van der Waals surface area contributed by atoms with Crippen molar-refractivity contribution in [3.63, 3.8) is 0 Å². The molecule has 0 N–H and O–H groups in total. The fourth-order valence-corrected chi connectivity index (χ4v) is 5.80. The van der Waals surface area contributed by atoms with E-state index in [1.165, 1.54) is 16.0 Å². The van der Waals surface area contributed by atoms with Crippen LogP contribution in [0.3, 0.4) is 0 Å². The highest BCUT2D eigenvalue weighted by atomic mass is 32.2. The van der Waals surface area contributed by atoms with Crippen LogP contribution in [0.15, 0.2) is 64.5 Å². The smallest absolute Gasteiger partial charge is 0.267 e. The van der Waals surface area contributed by atoms with Crippen molar-refractivity contribution in [2.45, 2.75) is 44.5 Å². The number of nitrogens with zero attached hydrogens (tertiary/aromatic N) is 2. The lowest BCUT2D eigenvalue weighted by Gasteiger charge is -2.12. The van der Waals surface area contributed by atoms with Crippen LogP contribution in [-0.4, -0.2) is 9.55 Å². The number of hydrogen-bond donors (Lipinski definition) is 0. The lowest BCUT2D eigenvalue weighted by atomic mass is 10.1. The van der Waals surface area contributed by atoms with Crippen LogP contribution in [0.5, 0.6) is 0 Å². The fraction of sp³-hybridized carbons (Fsp3) is 0.250. The SMILES string of the molecule is CCCc1sc2nc(SCc3cccc(C)c3)n(-c3ccccc3)c(=O)c2c1C. The van der Waals surface area contributed by atoms with Crippen molar-refractivity contribution in [1.82, 2.24) is 9.55 Å². The predicted molar refractivity (Wildman–Crippen MR) is 125 cm³/mol. The van der Waals surface area contributed by atoms with Gasteiger partial charge in [0.05, 0.1) is 11.1 Å². The number of thioether (sulfide) groups is 1. The summed E-state index contributed by atoms with van der Waals surface area (Å²) in [7, 11) is 0. The Morgan fingerprint density at radius 2 is 1.86 bits per heavy atom. The predicted octanol–water partition coefficient (Wildman–Crippen LogP) is 6.31. The lowest BCUT2D eigenvalue weighted by molar-refractivity contribution is 0.821. The van der Waals surface area contributed by atoms with E-state index in [9.17, 15) is 4.79 Å². The van der Waals surface area contributed by atoms with Gasteiger partial charge in [-0.25, -0.2) is 4.98 Å². The second kappa shape index (κ2) is 8.56. The fourth-order valence-electron chi connectivity index (χ4n) is 3.53. The number of hydrogen-bond acceptors (Lipinski definition) is 4. The Labute approximate surface area is 179 Å². The zero-order chi connectivity index (χ0) is 20.4. The van der Waals surface area contributed by atoms with Crippen LogP contribution in [0.2, 0.25) is 0 Å². The van der Waals surface area contributed by atoms with Gasteiger partial charge < -0.3 is 0 Å². The number of thiophene rings is 1. The molecule has 3 nitrogen and oxygen atoms in total. The molecule has 0 aliphatic rings. The first-order valence-corrected chi connectivity index (χ1v) is 11.7. The summed E-state index contributed by atoms with van der Waals surface area (Å²) in [5.74, 6) is 0.776. The first-order chi connectivity index (χ1) is 14.1. The Hall–Kier alpha value is -2.37. The Bertz CT molecular complexity index is 1210. The van der Waals surface area contributed by atoms with Crippen LogP contribution < -0.4 is 5.56 Å². The Kier molecular flexibility index (Phi) is 5.88. The molecule has 148 valence electrons. The molecule has 0 fully saturated rings. The molecule has 0 bridgehead atoms. The third-order valence-electron chi connectivity index (χ3n) is 4.97. The van der Waals surface area contributed by atoms with E-state index in [0.717, 1.165) is 45.2 Å². The van der Waals surface area contributed by atoms with E-state index in [-0.39, 0.29) is 5.56 Å². The van der Waals surface area contributed by atoms with Crippen molar-refractivity contribution < 1.29 is 0 Å². The van der Waals surface area contributed by atoms with Gasteiger partial charge in [0.1, 0.15) is 4.83 Å². The highest BCUT2D eigenvalue weighted by Crippen LogP contribution is 2.32. The van der Waals surface area contributed by atoms with Crippen molar-refractivity contribution in [2.75, 3.05) is 0 Å². The summed E-state index contributed by atoms with van der Waals surface area (Å²) >= 11 is 3.29.